The zero-order valence-electron chi connectivity index (χ0n) is 12.2. The molecule has 0 radical (unpaired) electrons. The van der Waals surface area contributed by atoms with Gasteiger partial charge in [-0.3, -0.25) is 0 Å². The van der Waals surface area contributed by atoms with Gasteiger partial charge in [-0.1, -0.05) is 49.1 Å². The van der Waals surface area contributed by atoms with Gasteiger partial charge in [0.05, 0.1) is 11.5 Å². The quantitative estimate of drug-likeness (QED) is 0.908. The summed E-state index contributed by atoms with van der Waals surface area (Å²) in [5.74, 6) is 0.608. The highest BCUT2D eigenvalue weighted by Gasteiger charge is 2.25. The summed E-state index contributed by atoms with van der Waals surface area (Å²) < 4.78 is 24.6. The molecule has 0 bridgehead atoms. The predicted molar refractivity (Wildman–Crippen MR) is 83.2 cm³/mol. The maximum Gasteiger partial charge on any atom is 0.155 e. The Morgan fingerprint density at radius 3 is 2.60 bits per heavy atom. The molecule has 4 heteroatoms. The van der Waals surface area contributed by atoms with E-state index in [1.165, 1.54) is 19.3 Å². The molecule has 0 aromatic heterocycles. The van der Waals surface area contributed by atoms with E-state index in [4.69, 9.17) is 5.73 Å². The summed E-state index contributed by atoms with van der Waals surface area (Å²) in [7, 11) is -3.12. The van der Waals surface area contributed by atoms with Crippen molar-refractivity contribution in [3.05, 3.63) is 35.4 Å². The van der Waals surface area contributed by atoms with Crippen LogP contribution in [0.2, 0.25) is 0 Å². The molecule has 1 saturated carbocycles. The molecule has 0 spiro atoms. The fraction of sp³-hybridized carbons (Fsp3) is 0.625. The maximum atomic E-state index is 12.3. The van der Waals surface area contributed by atoms with E-state index in [-0.39, 0.29) is 17.5 Å². The van der Waals surface area contributed by atoms with Crippen LogP contribution in [0, 0.1) is 12.8 Å². The monoisotopic (exact) mass is 295 g/mol. The van der Waals surface area contributed by atoms with Gasteiger partial charge >= 0.3 is 0 Å². The molecule has 3 nitrogen and oxygen atoms in total. The lowest BCUT2D eigenvalue weighted by Crippen LogP contribution is -2.38. The molecule has 1 unspecified atom stereocenters. The number of sulfone groups is 1. The number of benzene rings is 1. The van der Waals surface area contributed by atoms with Crippen LogP contribution in [0.1, 0.15) is 43.2 Å². The lowest BCUT2D eigenvalue weighted by Gasteiger charge is -2.27. The van der Waals surface area contributed by atoms with Crippen LogP contribution in [0.4, 0.5) is 0 Å². The second-order valence-electron chi connectivity index (χ2n) is 6.11. The first-order valence-electron chi connectivity index (χ1n) is 7.48. The first kappa shape index (κ1) is 15.5. The van der Waals surface area contributed by atoms with Crippen molar-refractivity contribution in [1.82, 2.24) is 0 Å². The molecule has 1 fully saturated rings. The van der Waals surface area contributed by atoms with E-state index in [1.54, 1.807) is 0 Å². The Labute approximate surface area is 122 Å². The lowest BCUT2D eigenvalue weighted by molar-refractivity contribution is 0.317. The highest BCUT2D eigenvalue weighted by molar-refractivity contribution is 7.90. The molecule has 2 rings (SSSR count). The van der Waals surface area contributed by atoms with Gasteiger partial charge in [-0.05, 0) is 31.2 Å². The summed E-state index contributed by atoms with van der Waals surface area (Å²) in [5, 5.41) is 0. The molecule has 1 aromatic carbocycles. The average Bonchev–Trinajstić information content (AvgIpc) is 2.38. The predicted octanol–water partition coefficient (Wildman–Crippen LogP) is 2.82. The highest BCUT2D eigenvalue weighted by Crippen LogP contribution is 2.26. The molecule has 0 amide bonds. The molecular weight excluding hydrogens is 270 g/mol. The molecule has 112 valence electrons. The second kappa shape index (κ2) is 6.72. The van der Waals surface area contributed by atoms with Gasteiger partial charge in [-0.25, -0.2) is 8.42 Å². The third-order valence-corrected chi connectivity index (χ3v) is 5.84. The highest BCUT2D eigenvalue weighted by atomic mass is 32.2. The van der Waals surface area contributed by atoms with E-state index in [2.05, 4.69) is 0 Å². The molecule has 1 atom stereocenters. The van der Waals surface area contributed by atoms with Crippen molar-refractivity contribution in [1.29, 1.82) is 0 Å². The van der Waals surface area contributed by atoms with Crippen molar-refractivity contribution in [3.63, 3.8) is 0 Å². The van der Waals surface area contributed by atoms with Gasteiger partial charge in [-0.2, -0.15) is 0 Å². The van der Waals surface area contributed by atoms with Gasteiger partial charge in [0, 0.05) is 6.04 Å². The van der Waals surface area contributed by atoms with Crippen LogP contribution in [-0.2, 0) is 15.6 Å². The Morgan fingerprint density at radius 2 is 1.95 bits per heavy atom. The summed E-state index contributed by atoms with van der Waals surface area (Å²) >= 11 is 0. The van der Waals surface area contributed by atoms with Gasteiger partial charge in [0.1, 0.15) is 0 Å². The first-order valence-corrected chi connectivity index (χ1v) is 9.30. The van der Waals surface area contributed by atoms with Crippen LogP contribution in [0.25, 0.3) is 0 Å². The van der Waals surface area contributed by atoms with Gasteiger partial charge in [0.25, 0.3) is 0 Å². The van der Waals surface area contributed by atoms with Crippen molar-refractivity contribution in [2.24, 2.45) is 11.7 Å². The van der Waals surface area contributed by atoms with E-state index < -0.39 is 9.84 Å². The number of nitrogens with two attached hydrogens (primary N) is 1. The van der Waals surface area contributed by atoms with Gasteiger partial charge in [-0.15, -0.1) is 0 Å². The van der Waals surface area contributed by atoms with E-state index in [0.717, 1.165) is 24.0 Å². The minimum absolute atomic E-state index is 0.106. The fourth-order valence-electron chi connectivity index (χ4n) is 3.11. The Bertz CT molecular complexity index is 533. The molecule has 1 aromatic rings. The zero-order valence-corrected chi connectivity index (χ0v) is 13.0. The summed E-state index contributed by atoms with van der Waals surface area (Å²) in [6.45, 7) is 1.98. The lowest BCUT2D eigenvalue weighted by atomic mass is 9.85. The van der Waals surface area contributed by atoms with Crippen molar-refractivity contribution in [3.8, 4) is 0 Å². The van der Waals surface area contributed by atoms with E-state index in [0.29, 0.717) is 5.92 Å². The summed E-state index contributed by atoms with van der Waals surface area (Å²) in [5.41, 5.74) is 8.09. The van der Waals surface area contributed by atoms with Crippen molar-refractivity contribution in [2.75, 3.05) is 5.75 Å². The number of hydrogen-bond acceptors (Lipinski definition) is 3. The maximum absolute atomic E-state index is 12.3. The van der Waals surface area contributed by atoms with Crippen LogP contribution < -0.4 is 5.73 Å². The molecule has 20 heavy (non-hydrogen) atoms. The number of aryl methyl sites for hydroxylation is 1. The SMILES string of the molecule is Cc1cccc(CS(=O)(=O)CC(N)C2CCCCC2)c1. The molecule has 1 aliphatic rings. The average molecular weight is 295 g/mol. The van der Waals surface area contributed by atoms with Crippen LogP contribution in [0.15, 0.2) is 24.3 Å². The number of hydrogen-bond donors (Lipinski definition) is 1. The number of rotatable bonds is 5. The van der Waals surface area contributed by atoms with Crippen LogP contribution in [-0.4, -0.2) is 20.2 Å². The van der Waals surface area contributed by atoms with Crippen molar-refractivity contribution >= 4 is 9.84 Å². The largest absolute Gasteiger partial charge is 0.327 e. The normalized spacial score (nSPS) is 18.9. The molecule has 0 heterocycles. The van der Waals surface area contributed by atoms with Gasteiger partial charge in [0.2, 0.25) is 0 Å². The van der Waals surface area contributed by atoms with E-state index in [9.17, 15) is 8.42 Å². The molecular formula is C16H25NO2S. The molecule has 2 N–H and O–H groups in total. The Kier molecular flexibility index (Phi) is 5.22. The van der Waals surface area contributed by atoms with E-state index in [1.807, 2.05) is 31.2 Å². The third-order valence-electron chi connectivity index (χ3n) is 4.17. The third kappa shape index (κ3) is 4.60. The van der Waals surface area contributed by atoms with Crippen LogP contribution in [0.3, 0.4) is 0 Å². The van der Waals surface area contributed by atoms with Crippen molar-refractivity contribution < 1.29 is 8.42 Å². The van der Waals surface area contributed by atoms with E-state index >= 15 is 0 Å². The van der Waals surface area contributed by atoms with Crippen LogP contribution >= 0.6 is 0 Å². The Balaban J connectivity index is 1.96. The van der Waals surface area contributed by atoms with Gasteiger partial charge < -0.3 is 5.73 Å². The molecule has 1 aliphatic carbocycles. The Hall–Kier alpha value is -0.870. The standard InChI is InChI=1S/C16H25NO2S/c1-13-6-5-7-14(10-13)11-20(18,19)12-16(17)15-8-3-2-4-9-15/h5-7,10,15-16H,2-4,8-9,11-12,17H2,1H3. The summed E-state index contributed by atoms with van der Waals surface area (Å²) in [6.07, 6.45) is 5.81. The topological polar surface area (TPSA) is 60.2 Å². The summed E-state index contributed by atoms with van der Waals surface area (Å²) in [6, 6.07) is 7.48. The van der Waals surface area contributed by atoms with Crippen molar-refractivity contribution in [2.45, 2.75) is 50.8 Å². The Morgan fingerprint density at radius 1 is 1.25 bits per heavy atom. The van der Waals surface area contributed by atoms with Gasteiger partial charge in [0.15, 0.2) is 9.84 Å². The summed E-state index contributed by atoms with van der Waals surface area (Å²) in [4.78, 5) is 0. The fourth-order valence-corrected chi connectivity index (χ4v) is 4.77. The molecule has 0 saturated heterocycles. The first-order chi connectivity index (χ1) is 9.46. The van der Waals surface area contributed by atoms with Crippen LogP contribution in [0.5, 0.6) is 0 Å². The minimum Gasteiger partial charge on any atom is -0.327 e. The second-order valence-corrected chi connectivity index (χ2v) is 8.21. The molecule has 0 aliphatic heterocycles. The minimum atomic E-state index is -3.12. The zero-order chi connectivity index (χ0) is 14.6. The smallest absolute Gasteiger partial charge is 0.155 e.